The number of amides is 3. The molecule has 0 spiro atoms. The predicted octanol–water partition coefficient (Wildman–Crippen LogP) is 3.79. The molecule has 0 aromatic heterocycles. The largest absolute Gasteiger partial charge is 0.480 e. The van der Waals surface area contributed by atoms with Gasteiger partial charge in [-0.1, -0.05) is 13.8 Å². The highest BCUT2D eigenvalue weighted by Crippen LogP contribution is 2.08. The maximum Gasteiger partial charge on any atom is 0.414 e. The summed E-state index contributed by atoms with van der Waals surface area (Å²) in [6.45, 7) is 16.0. The molecule has 34 heavy (non-hydrogen) atoms. The summed E-state index contributed by atoms with van der Waals surface area (Å²) in [5.74, 6) is -1.34. The van der Waals surface area contributed by atoms with Crippen LogP contribution in [0.25, 0.3) is 0 Å². The predicted molar refractivity (Wildman–Crippen MR) is 128 cm³/mol. The van der Waals surface area contributed by atoms with Crippen molar-refractivity contribution in [1.29, 1.82) is 0 Å². The fourth-order valence-electron chi connectivity index (χ4n) is 2.13. The monoisotopic (exact) mass is 490 g/mol. The number of hydrogen-bond acceptors (Lipinski definition) is 8. The quantitative estimate of drug-likeness (QED) is 0.173. The molecule has 3 amide bonds. The van der Waals surface area contributed by atoms with Gasteiger partial charge in [-0.05, 0) is 67.7 Å². The molecule has 0 aromatic rings. The van der Waals surface area contributed by atoms with Gasteiger partial charge in [0.15, 0.2) is 0 Å². The van der Waals surface area contributed by atoms with Crippen molar-refractivity contribution in [2.45, 2.75) is 98.8 Å². The number of nitrogens with one attached hydrogen (secondary N) is 3. The summed E-state index contributed by atoms with van der Waals surface area (Å²) >= 11 is 0. The number of nitrogens with zero attached hydrogens (tertiary/aromatic N) is 1. The molecule has 12 heteroatoms. The SMILES string of the molecule is CC.CCOC(=O)NC(CCCCN=C(NC(=O)OC(C)(C)C)NC(=O)OC(C)(C)C)C(=O)O. The third-order valence-electron chi connectivity index (χ3n) is 3.28. The summed E-state index contributed by atoms with van der Waals surface area (Å²) in [5, 5.41) is 16.2. The molecule has 1 atom stereocenters. The van der Waals surface area contributed by atoms with Crippen LogP contribution in [0.5, 0.6) is 0 Å². The van der Waals surface area contributed by atoms with Crippen LogP contribution in [0.1, 0.15) is 81.6 Å². The minimum absolute atomic E-state index is 0.130. The molecule has 1 unspecified atom stereocenters. The molecule has 12 nitrogen and oxygen atoms in total. The Morgan fingerprint density at radius 2 is 1.32 bits per heavy atom. The fourth-order valence-corrected chi connectivity index (χ4v) is 2.13. The van der Waals surface area contributed by atoms with E-state index in [-0.39, 0.29) is 25.5 Å². The molecule has 198 valence electrons. The van der Waals surface area contributed by atoms with Gasteiger partial charge in [0.25, 0.3) is 0 Å². The third kappa shape index (κ3) is 19.6. The molecule has 0 radical (unpaired) electrons. The highest BCUT2D eigenvalue weighted by Gasteiger charge is 2.22. The minimum Gasteiger partial charge on any atom is -0.480 e. The summed E-state index contributed by atoms with van der Waals surface area (Å²) in [4.78, 5) is 50.8. The van der Waals surface area contributed by atoms with Gasteiger partial charge in [0.1, 0.15) is 17.2 Å². The fraction of sp³-hybridized carbons (Fsp3) is 0.773. The maximum atomic E-state index is 12.0. The topological polar surface area (TPSA) is 165 Å². The van der Waals surface area contributed by atoms with Crippen molar-refractivity contribution in [3.8, 4) is 0 Å². The first kappa shape index (κ1) is 33.1. The second-order valence-electron chi connectivity index (χ2n) is 8.74. The van der Waals surface area contributed by atoms with E-state index >= 15 is 0 Å². The van der Waals surface area contributed by atoms with Gasteiger partial charge >= 0.3 is 24.2 Å². The van der Waals surface area contributed by atoms with E-state index in [0.717, 1.165) is 0 Å². The summed E-state index contributed by atoms with van der Waals surface area (Å²) in [7, 11) is 0. The molecule has 0 aliphatic carbocycles. The molecule has 0 saturated heterocycles. The molecule has 0 aromatic carbocycles. The van der Waals surface area contributed by atoms with Crippen molar-refractivity contribution in [3.63, 3.8) is 0 Å². The first-order valence-corrected chi connectivity index (χ1v) is 11.3. The van der Waals surface area contributed by atoms with Gasteiger partial charge in [-0.2, -0.15) is 0 Å². The van der Waals surface area contributed by atoms with E-state index in [0.29, 0.717) is 12.8 Å². The number of carbonyl (C=O) groups is 4. The summed E-state index contributed by atoms with van der Waals surface area (Å²) < 4.78 is 15.0. The first-order chi connectivity index (χ1) is 15.6. The van der Waals surface area contributed by atoms with E-state index in [2.05, 4.69) is 25.7 Å². The van der Waals surface area contributed by atoms with Crippen molar-refractivity contribution in [1.82, 2.24) is 16.0 Å². The van der Waals surface area contributed by atoms with Crippen LogP contribution in [0.2, 0.25) is 0 Å². The second kappa shape index (κ2) is 16.5. The average Bonchev–Trinajstić information content (AvgIpc) is 2.65. The number of aliphatic imine (C=N–C) groups is 1. The molecule has 0 rings (SSSR count). The molecule has 0 saturated carbocycles. The summed E-state index contributed by atoms with van der Waals surface area (Å²) in [5.41, 5.74) is -1.50. The van der Waals surface area contributed by atoms with Gasteiger partial charge in [-0.15, -0.1) is 0 Å². The second-order valence-corrected chi connectivity index (χ2v) is 8.74. The number of carboxylic acid groups (broad SMARTS) is 1. The van der Waals surface area contributed by atoms with Crippen LogP contribution >= 0.6 is 0 Å². The van der Waals surface area contributed by atoms with Crippen LogP contribution in [0.15, 0.2) is 4.99 Å². The Bertz CT molecular complexity index is 649. The lowest BCUT2D eigenvalue weighted by Gasteiger charge is -2.22. The maximum absolute atomic E-state index is 12.0. The standard InChI is InChI=1S/C20H36N4O8.C2H6/c1-8-30-16(27)22-13(14(25)26)11-9-10-12-21-15(23-17(28)31-19(2,3)4)24-18(29)32-20(5,6)7;1-2/h13H,8-12H2,1-7H3,(H,22,27)(H,25,26)(H2,21,23,24,28,29);1-2H3. The lowest BCUT2D eigenvalue weighted by Crippen LogP contribution is -2.47. The van der Waals surface area contributed by atoms with Gasteiger partial charge in [0.2, 0.25) is 5.96 Å². The number of guanidine groups is 1. The Labute approximate surface area is 202 Å². The Morgan fingerprint density at radius 1 is 0.853 bits per heavy atom. The third-order valence-corrected chi connectivity index (χ3v) is 3.28. The molecule has 0 fully saturated rings. The van der Waals surface area contributed by atoms with Crippen LogP contribution in [0.4, 0.5) is 14.4 Å². The average molecular weight is 491 g/mol. The number of alkyl carbamates (subject to hydrolysis) is 3. The van der Waals surface area contributed by atoms with Crippen molar-refractivity contribution < 1.29 is 38.5 Å². The normalized spacial score (nSPS) is 11.6. The number of unbranched alkanes of at least 4 members (excludes halogenated alkanes) is 1. The van der Waals surface area contributed by atoms with Crippen LogP contribution in [-0.4, -0.2) is 65.7 Å². The van der Waals surface area contributed by atoms with E-state index in [1.54, 1.807) is 48.5 Å². The zero-order valence-electron chi connectivity index (χ0n) is 21.9. The van der Waals surface area contributed by atoms with Gasteiger partial charge in [0.05, 0.1) is 6.61 Å². The van der Waals surface area contributed by atoms with Gasteiger partial charge in [-0.3, -0.25) is 15.6 Å². The smallest absolute Gasteiger partial charge is 0.414 e. The van der Waals surface area contributed by atoms with Crippen molar-refractivity contribution in [3.05, 3.63) is 0 Å². The summed E-state index contributed by atoms with van der Waals surface area (Å²) in [6, 6.07) is -1.10. The molecule has 0 aliphatic rings. The van der Waals surface area contributed by atoms with E-state index in [4.69, 9.17) is 9.47 Å². The molecule has 0 bridgehead atoms. The lowest BCUT2D eigenvalue weighted by molar-refractivity contribution is -0.139. The number of carbonyl (C=O) groups excluding carboxylic acids is 3. The Morgan fingerprint density at radius 3 is 1.71 bits per heavy atom. The van der Waals surface area contributed by atoms with E-state index in [1.807, 2.05) is 13.8 Å². The lowest BCUT2D eigenvalue weighted by atomic mass is 10.1. The number of aliphatic carboxylic acids is 1. The molecule has 4 N–H and O–H groups in total. The van der Waals surface area contributed by atoms with Crippen LogP contribution in [-0.2, 0) is 19.0 Å². The van der Waals surface area contributed by atoms with Crippen LogP contribution in [0, 0.1) is 0 Å². The van der Waals surface area contributed by atoms with Crippen LogP contribution < -0.4 is 16.0 Å². The minimum atomic E-state index is -1.18. The van der Waals surface area contributed by atoms with Crippen LogP contribution in [0.3, 0.4) is 0 Å². The zero-order valence-corrected chi connectivity index (χ0v) is 21.9. The van der Waals surface area contributed by atoms with Gasteiger partial charge in [0, 0.05) is 6.54 Å². The molecule has 0 heterocycles. The van der Waals surface area contributed by atoms with Crippen molar-refractivity contribution >= 4 is 30.2 Å². The van der Waals surface area contributed by atoms with Crippen molar-refractivity contribution in [2.75, 3.05) is 13.2 Å². The summed E-state index contributed by atoms with van der Waals surface area (Å²) in [6.07, 6.45) is -1.45. The van der Waals surface area contributed by atoms with E-state index < -0.39 is 41.5 Å². The molecular formula is C22H42N4O8. The Kier molecular flexibility index (Phi) is 16.1. The number of ether oxygens (including phenoxy) is 3. The van der Waals surface area contributed by atoms with Crippen molar-refractivity contribution in [2.24, 2.45) is 4.99 Å². The van der Waals surface area contributed by atoms with Gasteiger partial charge < -0.3 is 24.6 Å². The van der Waals surface area contributed by atoms with Gasteiger partial charge in [-0.25, -0.2) is 19.2 Å². The molecular weight excluding hydrogens is 448 g/mol. The zero-order chi connectivity index (χ0) is 26.9. The highest BCUT2D eigenvalue weighted by molar-refractivity contribution is 6.01. The number of rotatable bonds is 8. The first-order valence-electron chi connectivity index (χ1n) is 11.3. The Balaban J connectivity index is 0. The van der Waals surface area contributed by atoms with E-state index in [9.17, 15) is 24.3 Å². The van der Waals surface area contributed by atoms with E-state index in [1.165, 1.54) is 0 Å². The highest BCUT2D eigenvalue weighted by atomic mass is 16.6. The Hall–Kier alpha value is -3.05. The number of hydrogen-bond donors (Lipinski definition) is 4. The number of carboxylic acids is 1. The molecule has 0 aliphatic heterocycles.